The van der Waals surface area contributed by atoms with Crippen LogP contribution < -0.4 is 0 Å². The number of nitro benzene ring substituents is 2. The van der Waals surface area contributed by atoms with Gasteiger partial charge in [0.25, 0.3) is 11.4 Å². The number of rotatable bonds is 10. The van der Waals surface area contributed by atoms with Crippen LogP contribution in [0.15, 0.2) is 54.1 Å². The molecule has 1 atom stereocenters. The first-order valence-electron chi connectivity index (χ1n) is 11.2. The molecule has 0 N–H and O–H groups in total. The number of ether oxygens (including phenoxy) is 2. The molecule has 1 unspecified atom stereocenters. The molecule has 0 radical (unpaired) electrons. The van der Waals surface area contributed by atoms with Crippen molar-refractivity contribution in [3.8, 4) is 0 Å². The van der Waals surface area contributed by atoms with Crippen molar-refractivity contribution >= 4 is 40.5 Å². The molecule has 2 aromatic carbocycles. The Labute approximate surface area is 210 Å². The zero-order chi connectivity index (χ0) is 27.3. The fraction of sp³-hybridized carbons (Fsp3) is 0.280. The molecule has 0 aliphatic heterocycles. The molecule has 0 spiro atoms. The number of allylic oxidation sites excluding steroid dienone is 1. The van der Waals surface area contributed by atoms with E-state index < -0.39 is 57.2 Å². The van der Waals surface area contributed by atoms with Crippen LogP contribution in [0, 0.1) is 25.6 Å². The van der Waals surface area contributed by atoms with E-state index in [1.54, 1.807) is 0 Å². The minimum absolute atomic E-state index is 0.0172. The van der Waals surface area contributed by atoms with Gasteiger partial charge in [-0.1, -0.05) is 0 Å². The van der Waals surface area contributed by atoms with Crippen molar-refractivity contribution < 1.29 is 38.5 Å². The first kappa shape index (κ1) is 26.9. The van der Waals surface area contributed by atoms with Crippen LogP contribution >= 0.6 is 0 Å². The standard InChI is InChI=1S/C25H22N2O10/c1-3-36-23(30)21-19(15-5-9-17(10-6-15)26(32)33)13-25(22(21)29,24(31)37-4-2)14-20(28)16-7-11-18(12-8-16)27(34)35/h5-12H,3-4,13-14H2,1-2H3. The maximum atomic E-state index is 13.7. The Balaban J connectivity index is 2.09. The van der Waals surface area contributed by atoms with E-state index in [2.05, 4.69) is 0 Å². The number of nitro groups is 2. The number of carbonyl (C=O) groups is 4. The summed E-state index contributed by atoms with van der Waals surface area (Å²) in [7, 11) is 0. The molecule has 0 aromatic heterocycles. The average molecular weight is 510 g/mol. The van der Waals surface area contributed by atoms with Gasteiger partial charge in [0.2, 0.25) is 0 Å². The molecule has 1 aliphatic carbocycles. The van der Waals surface area contributed by atoms with Gasteiger partial charge in [-0.25, -0.2) is 4.79 Å². The largest absolute Gasteiger partial charge is 0.465 e. The summed E-state index contributed by atoms with van der Waals surface area (Å²) < 4.78 is 10.2. The van der Waals surface area contributed by atoms with E-state index in [4.69, 9.17) is 9.47 Å². The Kier molecular flexibility index (Phi) is 7.91. The summed E-state index contributed by atoms with van der Waals surface area (Å²) in [6, 6.07) is 9.67. The predicted molar refractivity (Wildman–Crippen MR) is 127 cm³/mol. The Hall–Kier alpha value is -4.74. The highest BCUT2D eigenvalue weighted by Crippen LogP contribution is 2.48. The number of hydrogen-bond acceptors (Lipinski definition) is 10. The van der Waals surface area contributed by atoms with Crippen LogP contribution in [0.5, 0.6) is 0 Å². The molecule has 192 valence electrons. The zero-order valence-electron chi connectivity index (χ0n) is 19.9. The molecule has 3 rings (SSSR count). The van der Waals surface area contributed by atoms with Crippen LogP contribution in [0.4, 0.5) is 11.4 Å². The van der Waals surface area contributed by atoms with Gasteiger partial charge in [-0.3, -0.25) is 34.6 Å². The third-order valence-electron chi connectivity index (χ3n) is 5.88. The zero-order valence-corrected chi connectivity index (χ0v) is 19.9. The van der Waals surface area contributed by atoms with E-state index in [0.29, 0.717) is 0 Å². The lowest BCUT2D eigenvalue weighted by atomic mass is 9.76. The minimum Gasteiger partial charge on any atom is -0.465 e. The summed E-state index contributed by atoms with van der Waals surface area (Å²) in [4.78, 5) is 73.6. The molecule has 0 fully saturated rings. The molecule has 2 aromatic rings. The smallest absolute Gasteiger partial charge is 0.342 e. The maximum Gasteiger partial charge on any atom is 0.342 e. The van der Waals surface area contributed by atoms with Crippen molar-refractivity contribution in [3.05, 3.63) is 85.5 Å². The molecular formula is C25H22N2O10. The average Bonchev–Trinajstić information content (AvgIpc) is 3.17. The van der Waals surface area contributed by atoms with E-state index in [1.807, 2.05) is 0 Å². The fourth-order valence-electron chi connectivity index (χ4n) is 4.09. The van der Waals surface area contributed by atoms with Crippen molar-refractivity contribution in [2.24, 2.45) is 5.41 Å². The number of non-ortho nitro benzene ring substituents is 2. The first-order valence-corrected chi connectivity index (χ1v) is 11.2. The molecule has 0 heterocycles. The van der Waals surface area contributed by atoms with Crippen molar-refractivity contribution in [2.75, 3.05) is 13.2 Å². The predicted octanol–water partition coefficient (Wildman–Crippen LogP) is 3.62. The normalized spacial score (nSPS) is 16.9. The molecule has 1 aliphatic rings. The number of esters is 2. The lowest BCUT2D eigenvalue weighted by Gasteiger charge is -2.25. The summed E-state index contributed by atoms with van der Waals surface area (Å²) in [5.41, 5.74) is -2.66. The van der Waals surface area contributed by atoms with Gasteiger partial charge < -0.3 is 9.47 Å². The maximum absolute atomic E-state index is 13.7. The Morgan fingerprint density at radius 2 is 1.38 bits per heavy atom. The highest BCUT2D eigenvalue weighted by Gasteiger charge is 2.57. The fourth-order valence-corrected chi connectivity index (χ4v) is 4.09. The van der Waals surface area contributed by atoms with Crippen LogP contribution in [0.25, 0.3) is 5.57 Å². The van der Waals surface area contributed by atoms with E-state index in [9.17, 15) is 39.4 Å². The molecular weight excluding hydrogens is 488 g/mol. The van der Waals surface area contributed by atoms with Crippen molar-refractivity contribution in [3.63, 3.8) is 0 Å². The summed E-state index contributed by atoms with van der Waals surface area (Å²) in [6.45, 7) is 2.86. The third-order valence-corrected chi connectivity index (χ3v) is 5.88. The molecule has 0 amide bonds. The van der Waals surface area contributed by atoms with Crippen LogP contribution in [0.3, 0.4) is 0 Å². The number of Topliss-reactive ketones (excluding diaryl/α,β-unsaturated/α-hetero) is 2. The van der Waals surface area contributed by atoms with Gasteiger partial charge in [-0.15, -0.1) is 0 Å². The third kappa shape index (κ3) is 5.27. The summed E-state index contributed by atoms with van der Waals surface area (Å²) in [5.74, 6) is -3.67. The monoisotopic (exact) mass is 510 g/mol. The quantitative estimate of drug-likeness (QED) is 0.115. The summed E-state index contributed by atoms with van der Waals surface area (Å²) >= 11 is 0. The van der Waals surface area contributed by atoms with Crippen LogP contribution in [0.2, 0.25) is 0 Å². The van der Waals surface area contributed by atoms with Crippen LogP contribution in [0.1, 0.15) is 42.6 Å². The summed E-state index contributed by atoms with van der Waals surface area (Å²) in [6.07, 6.45) is -1.07. The Morgan fingerprint density at radius 3 is 1.86 bits per heavy atom. The van der Waals surface area contributed by atoms with E-state index in [1.165, 1.54) is 50.2 Å². The van der Waals surface area contributed by atoms with Gasteiger partial charge in [-0.2, -0.15) is 0 Å². The van der Waals surface area contributed by atoms with Crippen molar-refractivity contribution in [1.82, 2.24) is 0 Å². The van der Waals surface area contributed by atoms with Crippen molar-refractivity contribution in [2.45, 2.75) is 26.7 Å². The minimum atomic E-state index is -2.10. The van der Waals surface area contributed by atoms with Gasteiger partial charge >= 0.3 is 11.9 Å². The van der Waals surface area contributed by atoms with E-state index >= 15 is 0 Å². The number of nitrogens with zero attached hydrogens (tertiary/aromatic N) is 2. The highest BCUT2D eigenvalue weighted by atomic mass is 16.6. The molecule has 12 heteroatoms. The number of benzene rings is 2. The second-order valence-corrected chi connectivity index (χ2v) is 8.09. The van der Waals surface area contributed by atoms with Gasteiger partial charge in [-0.05, 0) is 55.7 Å². The van der Waals surface area contributed by atoms with E-state index in [-0.39, 0.29) is 41.3 Å². The molecule has 12 nitrogen and oxygen atoms in total. The number of hydrogen-bond donors (Lipinski definition) is 0. The molecule has 0 saturated heterocycles. The molecule has 0 bridgehead atoms. The second kappa shape index (κ2) is 10.9. The SMILES string of the molecule is CCOC(=O)C1=C(c2ccc([N+](=O)[O-])cc2)CC(CC(=O)c2ccc([N+](=O)[O-])cc2)(C(=O)OCC)C1=O. The topological polar surface area (TPSA) is 173 Å². The van der Waals surface area contributed by atoms with Gasteiger partial charge in [0.05, 0.1) is 23.1 Å². The second-order valence-electron chi connectivity index (χ2n) is 8.09. The van der Waals surface area contributed by atoms with Gasteiger partial charge in [0.1, 0.15) is 11.0 Å². The van der Waals surface area contributed by atoms with Gasteiger partial charge in [0.15, 0.2) is 11.6 Å². The van der Waals surface area contributed by atoms with Crippen LogP contribution in [-0.4, -0.2) is 46.6 Å². The Morgan fingerprint density at radius 1 is 0.865 bits per heavy atom. The van der Waals surface area contributed by atoms with Gasteiger partial charge in [0, 0.05) is 36.2 Å². The van der Waals surface area contributed by atoms with E-state index in [0.717, 1.165) is 12.1 Å². The first-order chi connectivity index (χ1) is 17.5. The number of ketones is 2. The molecule has 37 heavy (non-hydrogen) atoms. The van der Waals surface area contributed by atoms with Crippen molar-refractivity contribution in [1.29, 1.82) is 0 Å². The molecule has 0 saturated carbocycles. The lowest BCUT2D eigenvalue weighted by molar-refractivity contribution is -0.385. The highest BCUT2D eigenvalue weighted by molar-refractivity contribution is 6.33. The lowest BCUT2D eigenvalue weighted by Crippen LogP contribution is -2.41. The summed E-state index contributed by atoms with van der Waals surface area (Å²) in [5, 5.41) is 22.0. The number of carbonyl (C=O) groups excluding carboxylic acids is 4. The Bertz CT molecular complexity index is 1310. The van der Waals surface area contributed by atoms with Crippen LogP contribution in [-0.2, 0) is 23.9 Å².